The number of rotatable bonds is 7. The van der Waals surface area contributed by atoms with Gasteiger partial charge in [-0.1, -0.05) is 42.6 Å². The molecule has 2 aromatic rings. The monoisotopic (exact) mass is 458 g/mol. The molecule has 0 radical (unpaired) electrons. The number of carbonyl (C=O) groups excluding carboxylic acids is 2. The molecule has 1 saturated carbocycles. The molecular formula is C21H22ClF3N2O2S. The van der Waals surface area contributed by atoms with Crippen LogP contribution in [0.4, 0.5) is 13.2 Å². The molecule has 9 heteroatoms. The van der Waals surface area contributed by atoms with E-state index in [0.29, 0.717) is 14.8 Å². The number of hydrogen-bond donors (Lipinski definition) is 1. The van der Waals surface area contributed by atoms with Crippen LogP contribution in [0.3, 0.4) is 0 Å². The Morgan fingerprint density at radius 1 is 1.17 bits per heavy atom. The quantitative estimate of drug-likeness (QED) is 0.625. The van der Waals surface area contributed by atoms with Gasteiger partial charge in [-0.2, -0.15) is 13.2 Å². The van der Waals surface area contributed by atoms with Crippen LogP contribution in [-0.4, -0.2) is 35.5 Å². The topological polar surface area (TPSA) is 49.4 Å². The summed E-state index contributed by atoms with van der Waals surface area (Å²) in [4.78, 5) is 26.4. The lowest BCUT2D eigenvalue weighted by molar-refractivity contribution is -0.188. The first-order chi connectivity index (χ1) is 14.3. The number of alkyl halides is 3. The van der Waals surface area contributed by atoms with E-state index in [2.05, 4.69) is 5.32 Å². The van der Waals surface area contributed by atoms with Gasteiger partial charge >= 0.3 is 12.1 Å². The standard InChI is InChI=1S/C21H22ClF3N2O2S/c22-15-9-7-14(8-10-15)11-12-27(20(29)21(23,24)25)18(17-6-3-13-30-17)19(28)26-16-4-1-2-5-16/h3,6-10,13,16,18H,1-2,4-5,11-12H2,(H,26,28)/t18-/m1/s1. The van der Waals surface area contributed by atoms with Gasteiger partial charge in [0.05, 0.1) is 0 Å². The highest BCUT2D eigenvalue weighted by Gasteiger charge is 2.46. The van der Waals surface area contributed by atoms with Gasteiger partial charge in [-0.15, -0.1) is 11.3 Å². The predicted octanol–water partition coefficient (Wildman–Crippen LogP) is 5.14. The Bertz CT molecular complexity index is 850. The number of benzene rings is 1. The Balaban J connectivity index is 1.88. The zero-order valence-corrected chi connectivity index (χ0v) is 17.7. The Morgan fingerprint density at radius 3 is 2.40 bits per heavy atom. The molecular weight excluding hydrogens is 437 g/mol. The molecule has 0 aliphatic heterocycles. The average molecular weight is 459 g/mol. The molecule has 1 N–H and O–H groups in total. The molecule has 1 heterocycles. The Hall–Kier alpha value is -2.06. The zero-order chi connectivity index (χ0) is 21.7. The second kappa shape index (κ2) is 9.83. The van der Waals surface area contributed by atoms with Gasteiger partial charge in [-0.05, 0) is 48.4 Å². The molecule has 30 heavy (non-hydrogen) atoms. The van der Waals surface area contributed by atoms with Gasteiger partial charge in [-0.3, -0.25) is 9.59 Å². The highest BCUT2D eigenvalue weighted by molar-refractivity contribution is 7.10. The predicted molar refractivity (Wildman–Crippen MR) is 110 cm³/mol. The van der Waals surface area contributed by atoms with Crippen LogP contribution in [0.5, 0.6) is 0 Å². The molecule has 0 bridgehead atoms. The molecule has 2 amide bonds. The van der Waals surface area contributed by atoms with Crippen molar-refractivity contribution in [1.82, 2.24) is 10.2 Å². The summed E-state index contributed by atoms with van der Waals surface area (Å²) in [5.41, 5.74) is 0.723. The van der Waals surface area contributed by atoms with Gasteiger partial charge < -0.3 is 10.2 Å². The van der Waals surface area contributed by atoms with E-state index in [9.17, 15) is 22.8 Å². The second-order valence-corrected chi connectivity index (χ2v) is 8.70. The summed E-state index contributed by atoms with van der Waals surface area (Å²) in [7, 11) is 0. The first kappa shape index (κ1) is 22.6. The van der Waals surface area contributed by atoms with E-state index in [1.165, 1.54) is 0 Å². The maximum Gasteiger partial charge on any atom is 0.471 e. The Kier molecular flexibility index (Phi) is 7.41. The van der Waals surface area contributed by atoms with Crippen molar-refractivity contribution in [3.8, 4) is 0 Å². The number of carbonyl (C=O) groups is 2. The molecule has 1 aromatic heterocycles. The lowest BCUT2D eigenvalue weighted by atomic mass is 10.1. The third-order valence-electron chi connectivity index (χ3n) is 5.13. The molecule has 162 valence electrons. The van der Waals surface area contributed by atoms with Crippen LogP contribution >= 0.6 is 22.9 Å². The van der Waals surface area contributed by atoms with E-state index in [1.807, 2.05) is 0 Å². The number of amides is 2. The molecule has 0 spiro atoms. The fourth-order valence-electron chi connectivity index (χ4n) is 3.63. The largest absolute Gasteiger partial charge is 0.471 e. The minimum atomic E-state index is -5.08. The number of hydrogen-bond acceptors (Lipinski definition) is 3. The van der Waals surface area contributed by atoms with Crippen molar-refractivity contribution in [3.63, 3.8) is 0 Å². The molecule has 1 fully saturated rings. The van der Waals surface area contributed by atoms with Crippen molar-refractivity contribution < 1.29 is 22.8 Å². The third-order valence-corrected chi connectivity index (χ3v) is 6.31. The van der Waals surface area contributed by atoms with Gasteiger partial charge in [0.25, 0.3) is 0 Å². The maximum atomic E-state index is 13.4. The maximum absolute atomic E-state index is 13.4. The van der Waals surface area contributed by atoms with Gasteiger partial charge in [0.2, 0.25) is 5.91 Å². The summed E-state index contributed by atoms with van der Waals surface area (Å²) in [6.45, 7) is -0.249. The number of halogens is 4. The summed E-state index contributed by atoms with van der Waals surface area (Å²) in [6, 6.07) is 8.50. The summed E-state index contributed by atoms with van der Waals surface area (Å²) in [6.07, 6.45) is -1.39. The van der Waals surface area contributed by atoms with Crippen molar-refractivity contribution in [2.45, 2.75) is 50.4 Å². The third kappa shape index (κ3) is 5.76. The van der Waals surface area contributed by atoms with Crippen LogP contribution in [0.2, 0.25) is 5.02 Å². The van der Waals surface area contributed by atoms with Crippen LogP contribution in [0, 0.1) is 0 Å². The first-order valence-electron chi connectivity index (χ1n) is 9.71. The molecule has 1 atom stereocenters. The van der Waals surface area contributed by atoms with Crippen LogP contribution in [0.1, 0.15) is 42.2 Å². The van der Waals surface area contributed by atoms with Gasteiger partial charge in [0.15, 0.2) is 0 Å². The van der Waals surface area contributed by atoms with E-state index >= 15 is 0 Å². The highest BCUT2D eigenvalue weighted by Crippen LogP contribution is 2.31. The molecule has 0 saturated heterocycles. The summed E-state index contributed by atoms with van der Waals surface area (Å²) in [5.74, 6) is -2.59. The van der Waals surface area contributed by atoms with E-state index < -0.39 is 24.0 Å². The molecule has 0 unspecified atom stereocenters. The number of nitrogens with zero attached hydrogens (tertiary/aromatic N) is 1. The normalized spacial score (nSPS) is 15.7. The lowest BCUT2D eigenvalue weighted by Crippen LogP contribution is -2.50. The van der Waals surface area contributed by atoms with E-state index in [4.69, 9.17) is 11.6 Å². The summed E-state index contributed by atoms with van der Waals surface area (Å²) in [5, 5.41) is 5.04. The van der Waals surface area contributed by atoms with Crippen LogP contribution < -0.4 is 5.32 Å². The minimum Gasteiger partial charge on any atom is -0.351 e. The number of thiophene rings is 1. The van der Waals surface area contributed by atoms with Gasteiger partial charge in [-0.25, -0.2) is 0 Å². The van der Waals surface area contributed by atoms with Crippen LogP contribution in [0.25, 0.3) is 0 Å². The number of nitrogens with one attached hydrogen (secondary N) is 1. The van der Waals surface area contributed by atoms with E-state index in [0.717, 1.165) is 42.6 Å². The highest BCUT2D eigenvalue weighted by atomic mass is 35.5. The average Bonchev–Trinajstić information content (AvgIpc) is 3.39. The molecule has 4 nitrogen and oxygen atoms in total. The van der Waals surface area contributed by atoms with Crippen molar-refractivity contribution >= 4 is 34.8 Å². The zero-order valence-electron chi connectivity index (χ0n) is 16.1. The molecule has 1 aliphatic rings. The Morgan fingerprint density at radius 2 is 1.83 bits per heavy atom. The van der Waals surface area contributed by atoms with Gasteiger partial charge in [0, 0.05) is 22.5 Å². The summed E-state index contributed by atoms with van der Waals surface area (Å²) < 4.78 is 40.2. The Labute approximate surface area is 182 Å². The lowest BCUT2D eigenvalue weighted by Gasteiger charge is -2.32. The van der Waals surface area contributed by atoms with E-state index in [-0.39, 0.29) is 19.0 Å². The van der Waals surface area contributed by atoms with Crippen LogP contribution in [0.15, 0.2) is 41.8 Å². The van der Waals surface area contributed by atoms with Crippen molar-refractivity contribution in [1.29, 1.82) is 0 Å². The first-order valence-corrected chi connectivity index (χ1v) is 11.0. The van der Waals surface area contributed by atoms with Crippen molar-refractivity contribution in [2.24, 2.45) is 0 Å². The molecule has 1 aliphatic carbocycles. The smallest absolute Gasteiger partial charge is 0.351 e. The minimum absolute atomic E-state index is 0.0703. The van der Waals surface area contributed by atoms with Crippen LogP contribution in [-0.2, 0) is 16.0 Å². The molecule has 1 aromatic carbocycles. The van der Waals surface area contributed by atoms with Crippen molar-refractivity contribution in [2.75, 3.05) is 6.54 Å². The second-order valence-electron chi connectivity index (χ2n) is 7.28. The van der Waals surface area contributed by atoms with E-state index in [1.54, 1.807) is 41.8 Å². The van der Waals surface area contributed by atoms with Crippen molar-refractivity contribution in [3.05, 3.63) is 57.2 Å². The fraction of sp³-hybridized carbons (Fsp3) is 0.429. The molecule has 3 rings (SSSR count). The summed E-state index contributed by atoms with van der Waals surface area (Å²) >= 11 is 7.02. The fourth-order valence-corrected chi connectivity index (χ4v) is 4.59. The van der Waals surface area contributed by atoms with Gasteiger partial charge in [0.1, 0.15) is 6.04 Å². The SMILES string of the molecule is O=C(NC1CCCC1)[C@@H](c1cccs1)N(CCc1ccc(Cl)cc1)C(=O)C(F)(F)F.